The number of hydrogen-bond acceptors (Lipinski definition) is 4. The fourth-order valence-corrected chi connectivity index (χ4v) is 2.81. The Hall–Kier alpha value is -3.02. The highest BCUT2D eigenvalue weighted by Crippen LogP contribution is 2.28. The molecule has 6 heteroatoms. The molecule has 0 heterocycles. The summed E-state index contributed by atoms with van der Waals surface area (Å²) in [6, 6.07) is 13.0. The van der Waals surface area contributed by atoms with Crippen LogP contribution >= 0.6 is 0 Å². The van der Waals surface area contributed by atoms with Crippen molar-refractivity contribution in [3.63, 3.8) is 0 Å². The van der Waals surface area contributed by atoms with E-state index in [-0.39, 0.29) is 18.2 Å². The SMILES string of the molecule is CCOc1ccc(CCNC(=O)NCCC(=O)c2ccc(C)cc2)cc1OCC. The Balaban J connectivity index is 1.72. The number of aryl methyl sites for hydroxylation is 1. The summed E-state index contributed by atoms with van der Waals surface area (Å²) in [6.07, 6.45) is 0.940. The molecule has 156 valence electrons. The van der Waals surface area contributed by atoms with Crippen molar-refractivity contribution in [1.82, 2.24) is 10.6 Å². The van der Waals surface area contributed by atoms with Gasteiger partial charge in [0, 0.05) is 25.1 Å². The maximum Gasteiger partial charge on any atom is 0.314 e. The number of ether oxygens (including phenoxy) is 2. The van der Waals surface area contributed by atoms with Crippen LogP contribution in [0.5, 0.6) is 11.5 Å². The van der Waals surface area contributed by atoms with Gasteiger partial charge >= 0.3 is 6.03 Å². The molecule has 0 radical (unpaired) electrons. The van der Waals surface area contributed by atoms with Crippen molar-refractivity contribution in [2.45, 2.75) is 33.6 Å². The molecule has 0 unspecified atom stereocenters. The molecule has 0 aliphatic heterocycles. The van der Waals surface area contributed by atoms with Gasteiger partial charge in [-0.25, -0.2) is 4.79 Å². The van der Waals surface area contributed by atoms with E-state index in [0.29, 0.717) is 44.0 Å². The van der Waals surface area contributed by atoms with E-state index in [1.807, 2.05) is 63.2 Å². The van der Waals surface area contributed by atoms with Crippen LogP contribution in [-0.2, 0) is 6.42 Å². The van der Waals surface area contributed by atoms with Gasteiger partial charge in [-0.2, -0.15) is 0 Å². The average Bonchev–Trinajstić information content (AvgIpc) is 2.70. The number of benzene rings is 2. The molecular formula is C23H30N2O4. The fraction of sp³-hybridized carbons (Fsp3) is 0.391. The van der Waals surface area contributed by atoms with Gasteiger partial charge < -0.3 is 20.1 Å². The van der Waals surface area contributed by atoms with Gasteiger partial charge in [0.1, 0.15) is 0 Å². The van der Waals surface area contributed by atoms with Crippen molar-refractivity contribution in [2.24, 2.45) is 0 Å². The zero-order valence-electron chi connectivity index (χ0n) is 17.4. The van der Waals surface area contributed by atoms with E-state index in [1.165, 1.54) is 0 Å². The Kier molecular flexibility index (Phi) is 9.02. The third-order valence-electron chi connectivity index (χ3n) is 4.32. The van der Waals surface area contributed by atoms with E-state index in [2.05, 4.69) is 10.6 Å². The first-order valence-corrected chi connectivity index (χ1v) is 10.0. The van der Waals surface area contributed by atoms with Crippen molar-refractivity contribution in [1.29, 1.82) is 0 Å². The van der Waals surface area contributed by atoms with Crippen LogP contribution in [0.3, 0.4) is 0 Å². The number of carbonyl (C=O) groups is 2. The minimum atomic E-state index is -0.280. The molecule has 0 atom stereocenters. The normalized spacial score (nSPS) is 10.3. The Morgan fingerprint density at radius 3 is 2.21 bits per heavy atom. The lowest BCUT2D eigenvalue weighted by Crippen LogP contribution is -2.37. The molecule has 0 aliphatic rings. The molecule has 0 fully saturated rings. The van der Waals surface area contributed by atoms with Gasteiger partial charge in [-0.1, -0.05) is 35.9 Å². The lowest BCUT2D eigenvalue weighted by atomic mass is 10.1. The van der Waals surface area contributed by atoms with E-state index < -0.39 is 0 Å². The van der Waals surface area contributed by atoms with Crippen molar-refractivity contribution in [3.8, 4) is 11.5 Å². The number of rotatable bonds is 11. The van der Waals surface area contributed by atoms with Gasteiger partial charge in [-0.15, -0.1) is 0 Å². The number of amides is 2. The summed E-state index contributed by atoms with van der Waals surface area (Å²) in [7, 11) is 0. The molecule has 0 saturated carbocycles. The van der Waals surface area contributed by atoms with Gasteiger partial charge in [-0.05, 0) is 44.9 Å². The number of hydrogen-bond donors (Lipinski definition) is 2. The lowest BCUT2D eigenvalue weighted by Gasteiger charge is -2.13. The molecule has 2 N–H and O–H groups in total. The highest BCUT2D eigenvalue weighted by atomic mass is 16.5. The van der Waals surface area contributed by atoms with Gasteiger partial charge in [-0.3, -0.25) is 4.79 Å². The monoisotopic (exact) mass is 398 g/mol. The van der Waals surface area contributed by atoms with Crippen LogP contribution in [0.25, 0.3) is 0 Å². The third kappa shape index (κ3) is 7.49. The Labute approximate surface area is 172 Å². The summed E-state index contributed by atoms with van der Waals surface area (Å²) in [5.41, 5.74) is 2.82. The second-order valence-corrected chi connectivity index (χ2v) is 6.62. The van der Waals surface area contributed by atoms with Gasteiger partial charge in [0.05, 0.1) is 13.2 Å². The molecule has 0 bridgehead atoms. The molecule has 0 aromatic heterocycles. The largest absolute Gasteiger partial charge is 0.490 e. The Morgan fingerprint density at radius 2 is 1.52 bits per heavy atom. The molecular weight excluding hydrogens is 368 g/mol. The van der Waals surface area contributed by atoms with Crippen molar-refractivity contribution in [3.05, 3.63) is 59.2 Å². The van der Waals surface area contributed by atoms with E-state index in [1.54, 1.807) is 0 Å². The van der Waals surface area contributed by atoms with Crippen LogP contribution in [0.15, 0.2) is 42.5 Å². The highest BCUT2D eigenvalue weighted by molar-refractivity contribution is 5.96. The van der Waals surface area contributed by atoms with Crippen molar-refractivity contribution in [2.75, 3.05) is 26.3 Å². The van der Waals surface area contributed by atoms with E-state index >= 15 is 0 Å². The van der Waals surface area contributed by atoms with Gasteiger partial charge in [0.2, 0.25) is 0 Å². The smallest absolute Gasteiger partial charge is 0.314 e. The van der Waals surface area contributed by atoms with E-state index in [0.717, 1.165) is 16.9 Å². The minimum Gasteiger partial charge on any atom is -0.490 e. The van der Waals surface area contributed by atoms with Crippen LogP contribution in [0.4, 0.5) is 4.79 Å². The molecule has 2 amide bonds. The lowest BCUT2D eigenvalue weighted by molar-refractivity contribution is 0.0983. The second-order valence-electron chi connectivity index (χ2n) is 6.62. The van der Waals surface area contributed by atoms with Crippen LogP contribution in [0.2, 0.25) is 0 Å². The first kappa shape index (κ1) is 22.3. The first-order valence-electron chi connectivity index (χ1n) is 10.0. The van der Waals surface area contributed by atoms with Crippen LogP contribution in [0, 0.1) is 6.92 Å². The predicted molar refractivity (Wildman–Crippen MR) is 114 cm³/mol. The molecule has 0 spiro atoms. The fourth-order valence-electron chi connectivity index (χ4n) is 2.81. The van der Waals surface area contributed by atoms with Gasteiger partial charge in [0.25, 0.3) is 0 Å². The second kappa shape index (κ2) is 11.7. The number of nitrogens with one attached hydrogen (secondary N) is 2. The van der Waals surface area contributed by atoms with Crippen LogP contribution in [-0.4, -0.2) is 38.1 Å². The van der Waals surface area contributed by atoms with Crippen molar-refractivity contribution >= 4 is 11.8 Å². The number of Topliss-reactive ketones (excluding diaryl/α,β-unsaturated/α-hetero) is 1. The minimum absolute atomic E-state index is 0.0168. The quantitative estimate of drug-likeness (QED) is 0.563. The maximum absolute atomic E-state index is 12.1. The standard InChI is InChI=1S/C23H30N2O4/c1-4-28-21-11-8-18(16-22(21)29-5-2)12-14-24-23(27)25-15-13-20(26)19-9-6-17(3)7-10-19/h6-11,16H,4-5,12-15H2,1-3H3,(H2,24,25,27). The summed E-state index contributed by atoms with van der Waals surface area (Å²) >= 11 is 0. The van der Waals surface area contributed by atoms with Crippen molar-refractivity contribution < 1.29 is 19.1 Å². The molecule has 0 aliphatic carbocycles. The summed E-state index contributed by atoms with van der Waals surface area (Å²) < 4.78 is 11.2. The average molecular weight is 399 g/mol. The van der Waals surface area contributed by atoms with Crippen LogP contribution in [0.1, 0.15) is 41.8 Å². The zero-order chi connectivity index (χ0) is 21.1. The molecule has 29 heavy (non-hydrogen) atoms. The Morgan fingerprint density at radius 1 is 0.862 bits per heavy atom. The highest BCUT2D eigenvalue weighted by Gasteiger charge is 2.08. The summed E-state index contributed by atoms with van der Waals surface area (Å²) in [5.74, 6) is 1.45. The van der Waals surface area contributed by atoms with Gasteiger partial charge in [0.15, 0.2) is 17.3 Å². The summed E-state index contributed by atoms with van der Waals surface area (Å²) in [6.45, 7) is 7.76. The third-order valence-corrected chi connectivity index (χ3v) is 4.32. The molecule has 2 aromatic rings. The molecule has 2 aromatic carbocycles. The molecule has 6 nitrogen and oxygen atoms in total. The van der Waals surface area contributed by atoms with E-state index in [9.17, 15) is 9.59 Å². The predicted octanol–water partition coefficient (Wildman–Crippen LogP) is 3.91. The first-order chi connectivity index (χ1) is 14.0. The number of urea groups is 1. The summed E-state index contributed by atoms with van der Waals surface area (Å²) in [4.78, 5) is 24.0. The summed E-state index contributed by atoms with van der Waals surface area (Å²) in [5, 5.41) is 5.53. The topological polar surface area (TPSA) is 76.7 Å². The number of ketones is 1. The Bertz CT molecular complexity index is 803. The van der Waals surface area contributed by atoms with E-state index in [4.69, 9.17) is 9.47 Å². The molecule has 2 rings (SSSR count). The maximum atomic E-state index is 12.1. The van der Waals surface area contributed by atoms with Crippen LogP contribution < -0.4 is 20.1 Å². The molecule has 0 saturated heterocycles. The zero-order valence-corrected chi connectivity index (χ0v) is 17.4. The number of carbonyl (C=O) groups excluding carboxylic acids is 2.